The Hall–Kier alpha value is -2.00. The van der Waals surface area contributed by atoms with E-state index in [2.05, 4.69) is 0 Å². The molecule has 0 amide bonds. The van der Waals surface area contributed by atoms with Gasteiger partial charge in [0.05, 0.1) is 26.2 Å². The third kappa shape index (κ3) is 6.63. The number of carbonyl (C=O) groups is 4. The number of carbonyl (C=O) groups excluding carboxylic acids is 1. The molecular weight excluding hydrogens is 320 g/mol. The number of Topliss-reactive ketones (excluding diaryl/α,β-unsaturated/α-hetero) is 1. The zero-order valence-electron chi connectivity index (χ0n) is 13.7. The van der Waals surface area contributed by atoms with Crippen molar-refractivity contribution in [2.75, 3.05) is 26.2 Å². The third-order valence-electron chi connectivity index (χ3n) is 4.07. The number of hydrogen-bond donors (Lipinski definition) is 3. The predicted octanol–water partition coefficient (Wildman–Crippen LogP) is -0.256. The van der Waals surface area contributed by atoms with E-state index < -0.39 is 37.0 Å². The molecule has 0 aromatic carbocycles. The first-order chi connectivity index (χ1) is 11.2. The molecule has 1 aliphatic rings. The van der Waals surface area contributed by atoms with Gasteiger partial charge in [0.25, 0.3) is 0 Å². The zero-order valence-corrected chi connectivity index (χ0v) is 13.7. The third-order valence-corrected chi connectivity index (χ3v) is 4.07. The van der Waals surface area contributed by atoms with Crippen LogP contribution >= 0.6 is 0 Å². The largest absolute Gasteiger partial charge is 0.480 e. The van der Waals surface area contributed by atoms with E-state index in [1.165, 1.54) is 16.7 Å². The fourth-order valence-electron chi connectivity index (χ4n) is 3.33. The first kappa shape index (κ1) is 20.0. The van der Waals surface area contributed by atoms with Crippen LogP contribution in [0.4, 0.5) is 0 Å². The maximum atomic E-state index is 11.5. The predicted molar refractivity (Wildman–Crippen MR) is 82.8 cm³/mol. The molecule has 9 heteroatoms. The Bertz CT molecular complexity index is 418. The quantitative estimate of drug-likeness (QED) is 0.490. The zero-order chi connectivity index (χ0) is 18.3. The van der Waals surface area contributed by atoms with Gasteiger partial charge >= 0.3 is 17.9 Å². The second kappa shape index (κ2) is 9.33. The number of carboxylic acid groups (broad SMARTS) is 3. The van der Waals surface area contributed by atoms with Crippen LogP contribution in [0.2, 0.25) is 0 Å². The van der Waals surface area contributed by atoms with E-state index in [4.69, 9.17) is 15.3 Å². The molecule has 0 aliphatic heterocycles. The maximum absolute atomic E-state index is 11.5. The molecule has 0 aromatic heterocycles. The Balaban J connectivity index is 3.03. The number of nitrogens with zero attached hydrogens (tertiary/aromatic N) is 2. The molecule has 0 spiro atoms. The van der Waals surface area contributed by atoms with E-state index in [0.717, 1.165) is 12.8 Å². The number of ketones is 1. The lowest BCUT2D eigenvalue weighted by atomic mass is 9.87. The van der Waals surface area contributed by atoms with Gasteiger partial charge in [-0.2, -0.15) is 0 Å². The minimum Gasteiger partial charge on any atom is -0.480 e. The van der Waals surface area contributed by atoms with E-state index in [-0.39, 0.29) is 24.9 Å². The topological polar surface area (TPSA) is 135 Å². The Kier molecular flexibility index (Phi) is 7.80. The summed E-state index contributed by atoms with van der Waals surface area (Å²) >= 11 is 0. The molecule has 1 aliphatic carbocycles. The van der Waals surface area contributed by atoms with Gasteiger partial charge in [-0.05, 0) is 19.8 Å². The van der Waals surface area contributed by atoms with E-state index >= 15 is 0 Å². The first-order valence-electron chi connectivity index (χ1n) is 7.83. The summed E-state index contributed by atoms with van der Waals surface area (Å²) in [6, 6.07) is -0.776. The van der Waals surface area contributed by atoms with Crippen LogP contribution in [0, 0.1) is 0 Å². The molecule has 9 nitrogen and oxygen atoms in total. The smallest absolute Gasteiger partial charge is 0.317 e. The van der Waals surface area contributed by atoms with Gasteiger partial charge in [-0.3, -0.25) is 29.0 Å². The van der Waals surface area contributed by atoms with E-state index in [9.17, 15) is 19.2 Å². The fraction of sp³-hybridized carbons (Fsp3) is 0.733. The number of rotatable bonds is 10. The van der Waals surface area contributed by atoms with Crippen molar-refractivity contribution < 1.29 is 34.5 Å². The summed E-state index contributed by atoms with van der Waals surface area (Å²) in [6.45, 7) is 0.0953. The SMILES string of the molecule is CC(=O)CN(CC(=O)O)C1CCCCC1N(CC(=O)O)CC(=O)O. The van der Waals surface area contributed by atoms with Crippen molar-refractivity contribution >= 4 is 23.7 Å². The highest BCUT2D eigenvalue weighted by atomic mass is 16.4. The van der Waals surface area contributed by atoms with E-state index in [1.54, 1.807) is 0 Å². The lowest BCUT2D eigenvalue weighted by Crippen LogP contribution is -2.57. The van der Waals surface area contributed by atoms with Crippen LogP contribution in [-0.2, 0) is 19.2 Å². The molecule has 0 radical (unpaired) electrons. The van der Waals surface area contributed by atoms with Crippen molar-refractivity contribution in [1.82, 2.24) is 9.80 Å². The van der Waals surface area contributed by atoms with Crippen molar-refractivity contribution in [3.63, 3.8) is 0 Å². The minimum atomic E-state index is -1.14. The molecular formula is C15H24N2O7. The van der Waals surface area contributed by atoms with Crippen LogP contribution in [0.5, 0.6) is 0 Å². The molecule has 3 N–H and O–H groups in total. The Labute approximate surface area is 139 Å². The molecule has 1 fully saturated rings. The summed E-state index contributed by atoms with van der Waals surface area (Å²) in [4.78, 5) is 47.6. The summed E-state index contributed by atoms with van der Waals surface area (Å²) in [7, 11) is 0. The Morgan fingerprint density at radius 2 is 1.08 bits per heavy atom. The summed E-state index contributed by atoms with van der Waals surface area (Å²) in [5, 5.41) is 27.2. The van der Waals surface area contributed by atoms with Crippen LogP contribution < -0.4 is 0 Å². The molecule has 1 saturated carbocycles. The summed E-state index contributed by atoms with van der Waals surface area (Å²) in [6.07, 6.45) is 2.79. The highest BCUT2D eigenvalue weighted by Gasteiger charge is 2.36. The molecule has 1 rings (SSSR count). The molecule has 0 bridgehead atoms. The second-order valence-electron chi connectivity index (χ2n) is 6.11. The van der Waals surface area contributed by atoms with Gasteiger partial charge in [0, 0.05) is 12.1 Å². The average Bonchev–Trinajstić information content (AvgIpc) is 2.44. The molecule has 2 atom stereocenters. The van der Waals surface area contributed by atoms with Crippen LogP contribution in [0.25, 0.3) is 0 Å². The van der Waals surface area contributed by atoms with Gasteiger partial charge in [-0.15, -0.1) is 0 Å². The van der Waals surface area contributed by atoms with Gasteiger partial charge < -0.3 is 15.3 Å². The second-order valence-corrected chi connectivity index (χ2v) is 6.11. The van der Waals surface area contributed by atoms with Gasteiger partial charge in [-0.25, -0.2) is 0 Å². The highest BCUT2D eigenvalue weighted by molar-refractivity contribution is 5.78. The van der Waals surface area contributed by atoms with Gasteiger partial charge in [0.2, 0.25) is 0 Å². The van der Waals surface area contributed by atoms with E-state index in [0.29, 0.717) is 12.8 Å². The van der Waals surface area contributed by atoms with Gasteiger partial charge in [0.15, 0.2) is 0 Å². The number of hydrogen-bond acceptors (Lipinski definition) is 6. The van der Waals surface area contributed by atoms with Gasteiger partial charge in [-0.1, -0.05) is 12.8 Å². The maximum Gasteiger partial charge on any atom is 0.317 e. The van der Waals surface area contributed by atoms with Crippen molar-refractivity contribution in [1.29, 1.82) is 0 Å². The van der Waals surface area contributed by atoms with Crippen LogP contribution in [0.15, 0.2) is 0 Å². The van der Waals surface area contributed by atoms with Crippen LogP contribution in [-0.4, -0.2) is 87.1 Å². The summed E-state index contributed by atoms with van der Waals surface area (Å²) < 4.78 is 0. The average molecular weight is 344 g/mol. The molecule has 136 valence electrons. The number of aliphatic carboxylic acids is 3. The highest BCUT2D eigenvalue weighted by Crippen LogP contribution is 2.27. The van der Waals surface area contributed by atoms with Crippen molar-refractivity contribution in [3.05, 3.63) is 0 Å². The van der Waals surface area contributed by atoms with Crippen molar-refractivity contribution in [2.24, 2.45) is 0 Å². The normalized spacial score (nSPS) is 21.0. The van der Waals surface area contributed by atoms with Gasteiger partial charge in [0.1, 0.15) is 5.78 Å². The molecule has 24 heavy (non-hydrogen) atoms. The first-order valence-corrected chi connectivity index (χ1v) is 7.83. The lowest BCUT2D eigenvalue weighted by Gasteiger charge is -2.43. The van der Waals surface area contributed by atoms with E-state index in [1.807, 2.05) is 0 Å². The van der Waals surface area contributed by atoms with Crippen molar-refractivity contribution in [2.45, 2.75) is 44.7 Å². The Morgan fingerprint density at radius 1 is 0.750 bits per heavy atom. The van der Waals surface area contributed by atoms with Crippen molar-refractivity contribution in [3.8, 4) is 0 Å². The monoisotopic (exact) mass is 344 g/mol. The standard InChI is InChI=1S/C15H24N2O7/c1-10(18)6-16(7-13(19)20)11-4-2-3-5-12(11)17(8-14(21)22)9-15(23)24/h11-12H,2-9H2,1H3,(H,19,20)(H,21,22)(H,23,24). The number of carboxylic acids is 3. The van der Waals surface area contributed by atoms with Crippen LogP contribution in [0.3, 0.4) is 0 Å². The Morgan fingerprint density at radius 3 is 1.38 bits per heavy atom. The molecule has 0 aromatic rings. The minimum absolute atomic E-state index is 0.0541. The molecule has 0 heterocycles. The molecule has 0 saturated heterocycles. The summed E-state index contributed by atoms with van der Waals surface area (Å²) in [5.41, 5.74) is 0. The lowest BCUT2D eigenvalue weighted by molar-refractivity contribution is -0.146. The fourth-order valence-corrected chi connectivity index (χ4v) is 3.33. The summed E-state index contributed by atoms with van der Waals surface area (Å²) in [5.74, 6) is -3.55. The molecule has 2 unspecified atom stereocenters. The van der Waals surface area contributed by atoms with Crippen LogP contribution in [0.1, 0.15) is 32.6 Å².